The monoisotopic (exact) mass is 422 g/mol. The van der Waals surface area contributed by atoms with E-state index in [-0.39, 0.29) is 5.91 Å². The number of anilines is 1. The molecule has 1 N–H and O–H groups in total. The van der Waals surface area contributed by atoms with Crippen molar-refractivity contribution in [2.75, 3.05) is 26.6 Å². The van der Waals surface area contributed by atoms with E-state index >= 15 is 0 Å². The van der Waals surface area contributed by atoms with E-state index in [9.17, 15) is 4.79 Å². The standard InChI is InChI=1S/C24H26N2O5/c1-28-20-8-10-21(29-2)18(13-20)6-11-24(27)26-19-7-9-22(30-3)23(14-19)31-16-17-5-4-12-25-15-17/h4-5,7-10,12-15H,6,11,16H2,1-3H3,(H,26,27). The summed E-state index contributed by atoms with van der Waals surface area (Å²) in [5.41, 5.74) is 2.48. The Morgan fingerprint density at radius 3 is 2.45 bits per heavy atom. The van der Waals surface area contributed by atoms with Crippen LogP contribution in [0.25, 0.3) is 0 Å². The van der Waals surface area contributed by atoms with Crippen LogP contribution in [-0.2, 0) is 17.8 Å². The first-order chi connectivity index (χ1) is 15.1. The summed E-state index contributed by atoms with van der Waals surface area (Å²) < 4.78 is 21.9. The average Bonchev–Trinajstić information content (AvgIpc) is 2.82. The number of benzene rings is 2. The van der Waals surface area contributed by atoms with E-state index in [1.165, 1.54) is 0 Å². The van der Waals surface area contributed by atoms with Gasteiger partial charge < -0.3 is 24.3 Å². The summed E-state index contributed by atoms with van der Waals surface area (Å²) in [6.45, 7) is 0.344. The van der Waals surface area contributed by atoms with Crippen LogP contribution in [0, 0.1) is 0 Å². The fourth-order valence-electron chi connectivity index (χ4n) is 3.06. The highest BCUT2D eigenvalue weighted by Gasteiger charge is 2.11. The van der Waals surface area contributed by atoms with E-state index in [1.54, 1.807) is 51.9 Å². The number of rotatable bonds is 10. The largest absolute Gasteiger partial charge is 0.497 e. The zero-order chi connectivity index (χ0) is 22.1. The number of carbonyl (C=O) groups is 1. The fraction of sp³-hybridized carbons (Fsp3) is 0.250. The van der Waals surface area contributed by atoms with Crippen molar-refractivity contribution in [2.24, 2.45) is 0 Å². The number of hydrogen-bond acceptors (Lipinski definition) is 6. The number of aryl methyl sites for hydroxylation is 1. The molecule has 3 aromatic rings. The first-order valence-corrected chi connectivity index (χ1v) is 9.83. The lowest BCUT2D eigenvalue weighted by Crippen LogP contribution is -2.13. The lowest BCUT2D eigenvalue weighted by molar-refractivity contribution is -0.116. The minimum atomic E-state index is -0.117. The zero-order valence-corrected chi connectivity index (χ0v) is 17.9. The van der Waals surface area contributed by atoms with Gasteiger partial charge >= 0.3 is 0 Å². The Balaban J connectivity index is 1.63. The van der Waals surface area contributed by atoms with Crippen molar-refractivity contribution < 1.29 is 23.7 Å². The van der Waals surface area contributed by atoms with Crippen molar-refractivity contribution in [3.63, 3.8) is 0 Å². The maximum absolute atomic E-state index is 12.5. The van der Waals surface area contributed by atoms with Crippen molar-refractivity contribution in [3.8, 4) is 23.0 Å². The van der Waals surface area contributed by atoms with Gasteiger partial charge in [-0.25, -0.2) is 0 Å². The van der Waals surface area contributed by atoms with E-state index in [4.69, 9.17) is 18.9 Å². The summed E-state index contributed by atoms with van der Waals surface area (Å²) in [7, 11) is 4.79. The van der Waals surface area contributed by atoms with Gasteiger partial charge in [-0.05, 0) is 48.4 Å². The van der Waals surface area contributed by atoms with Crippen LogP contribution in [0.15, 0.2) is 60.9 Å². The number of methoxy groups -OCH3 is 3. The van der Waals surface area contributed by atoms with Gasteiger partial charge in [0.2, 0.25) is 5.91 Å². The minimum absolute atomic E-state index is 0.117. The predicted octanol–water partition coefficient (Wildman–Crippen LogP) is 4.26. The Morgan fingerprint density at radius 2 is 1.74 bits per heavy atom. The molecular formula is C24H26N2O5. The molecule has 162 valence electrons. The SMILES string of the molecule is COc1ccc(OC)c(CCC(=O)Nc2ccc(OC)c(OCc3cccnc3)c2)c1. The van der Waals surface area contributed by atoms with Gasteiger partial charge in [-0.2, -0.15) is 0 Å². The zero-order valence-electron chi connectivity index (χ0n) is 17.9. The molecule has 2 aromatic carbocycles. The van der Waals surface area contributed by atoms with Crippen LogP contribution < -0.4 is 24.3 Å². The van der Waals surface area contributed by atoms with E-state index in [2.05, 4.69) is 10.3 Å². The molecule has 0 fully saturated rings. The highest BCUT2D eigenvalue weighted by Crippen LogP contribution is 2.31. The summed E-state index contributed by atoms with van der Waals surface area (Å²) in [6.07, 6.45) is 4.26. The van der Waals surface area contributed by atoms with Crippen LogP contribution >= 0.6 is 0 Å². The van der Waals surface area contributed by atoms with E-state index in [0.717, 1.165) is 22.6 Å². The Morgan fingerprint density at radius 1 is 0.935 bits per heavy atom. The summed E-state index contributed by atoms with van der Waals surface area (Å²) in [4.78, 5) is 16.6. The highest BCUT2D eigenvalue weighted by molar-refractivity contribution is 5.91. The average molecular weight is 422 g/mol. The van der Waals surface area contributed by atoms with Crippen molar-refractivity contribution in [2.45, 2.75) is 19.4 Å². The molecule has 0 saturated heterocycles. The Bertz CT molecular complexity index is 1010. The first kappa shape index (κ1) is 22.0. The Labute approximate surface area is 181 Å². The van der Waals surface area contributed by atoms with Gasteiger partial charge in [0.15, 0.2) is 11.5 Å². The number of nitrogens with one attached hydrogen (secondary N) is 1. The number of carbonyl (C=O) groups excluding carboxylic acids is 1. The lowest BCUT2D eigenvalue weighted by Gasteiger charge is -2.13. The number of aromatic nitrogens is 1. The molecule has 0 spiro atoms. The van der Waals surface area contributed by atoms with Crippen LogP contribution in [0.4, 0.5) is 5.69 Å². The molecule has 1 amide bonds. The molecule has 7 nitrogen and oxygen atoms in total. The van der Waals surface area contributed by atoms with Gasteiger partial charge in [0, 0.05) is 36.1 Å². The lowest BCUT2D eigenvalue weighted by atomic mass is 10.1. The molecule has 0 atom stereocenters. The molecular weight excluding hydrogens is 396 g/mol. The second-order valence-corrected chi connectivity index (χ2v) is 6.74. The molecule has 31 heavy (non-hydrogen) atoms. The van der Waals surface area contributed by atoms with Crippen LogP contribution in [0.5, 0.6) is 23.0 Å². The van der Waals surface area contributed by atoms with Gasteiger partial charge in [0.25, 0.3) is 0 Å². The van der Waals surface area contributed by atoms with Crippen LogP contribution in [0.3, 0.4) is 0 Å². The third kappa shape index (κ3) is 6.12. The van der Waals surface area contributed by atoms with E-state index in [1.807, 2.05) is 30.3 Å². The summed E-state index contributed by atoms with van der Waals surface area (Å²) in [5, 5.41) is 2.91. The second-order valence-electron chi connectivity index (χ2n) is 6.74. The van der Waals surface area contributed by atoms with Gasteiger partial charge in [-0.15, -0.1) is 0 Å². The van der Waals surface area contributed by atoms with Crippen LogP contribution in [0.2, 0.25) is 0 Å². The van der Waals surface area contributed by atoms with Crippen molar-refractivity contribution in [3.05, 3.63) is 72.1 Å². The predicted molar refractivity (Wildman–Crippen MR) is 118 cm³/mol. The van der Waals surface area contributed by atoms with Crippen LogP contribution in [0.1, 0.15) is 17.5 Å². The Hall–Kier alpha value is -3.74. The van der Waals surface area contributed by atoms with Gasteiger partial charge in [-0.1, -0.05) is 6.07 Å². The molecule has 0 radical (unpaired) electrons. The van der Waals surface area contributed by atoms with Crippen molar-refractivity contribution in [1.29, 1.82) is 0 Å². The molecule has 0 unspecified atom stereocenters. The quantitative estimate of drug-likeness (QED) is 0.526. The molecule has 0 aliphatic rings. The second kappa shape index (κ2) is 10.9. The normalized spacial score (nSPS) is 10.3. The maximum Gasteiger partial charge on any atom is 0.224 e. The van der Waals surface area contributed by atoms with E-state index < -0.39 is 0 Å². The Kier molecular flexibility index (Phi) is 7.70. The number of pyridine rings is 1. The number of nitrogens with zero attached hydrogens (tertiary/aromatic N) is 1. The maximum atomic E-state index is 12.5. The van der Waals surface area contributed by atoms with Crippen molar-refractivity contribution >= 4 is 11.6 Å². The number of hydrogen-bond donors (Lipinski definition) is 1. The minimum Gasteiger partial charge on any atom is -0.497 e. The van der Waals surface area contributed by atoms with Gasteiger partial charge in [0.05, 0.1) is 21.3 Å². The molecule has 0 aliphatic carbocycles. The smallest absolute Gasteiger partial charge is 0.224 e. The first-order valence-electron chi connectivity index (χ1n) is 9.83. The van der Waals surface area contributed by atoms with Gasteiger partial charge in [-0.3, -0.25) is 9.78 Å². The highest BCUT2D eigenvalue weighted by atomic mass is 16.5. The summed E-state index contributed by atoms with van der Waals surface area (Å²) in [5.74, 6) is 2.46. The molecule has 0 bridgehead atoms. The molecule has 0 saturated carbocycles. The van der Waals surface area contributed by atoms with Crippen molar-refractivity contribution in [1.82, 2.24) is 4.98 Å². The molecule has 3 rings (SSSR count). The molecule has 1 heterocycles. The van der Waals surface area contributed by atoms with Gasteiger partial charge in [0.1, 0.15) is 18.1 Å². The number of ether oxygens (including phenoxy) is 4. The van der Waals surface area contributed by atoms with E-state index in [0.29, 0.717) is 36.6 Å². The summed E-state index contributed by atoms with van der Waals surface area (Å²) >= 11 is 0. The fourth-order valence-corrected chi connectivity index (χ4v) is 3.06. The molecule has 0 aliphatic heterocycles. The molecule has 1 aromatic heterocycles. The third-order valence-corrected chi connectivity index (χ3v) is 4.67. The summed E-state index contributed by atoms with van der Waals surface area (Å²) in [6, 6.07) is 14.6. The van der Waals surface area contributed by atoms with Crippen LogP contribution in [-0.4, -0.2) is 32.2 Å². The third-order valence-electron chi connectivity index (χ3n) is 4.67. The molecule has 7 heteroatoms. The topological polar surface area (TPSA) is 78.9 Å². The number of amides is 1.